The van der Waals surface area contributed by atoms with E-state index in [-0.39, 0.29) is 6.04 Å². The Morgan fingerprint density at radius 1 is 1.50 bits per heavy atom. The third-order valence-electron chi connectivity index (χ3n) is 2.83. The van der Waals surface area contributed by atoms with E-state index in [1.807, 2.05) is 11.8 Å². The molecule has 2 rings (SSSR count). The summed E-state index contributed by atoms with van der Waals surface area (Å²) in [5, 5.41) is 3.26. The van der Waals surface area contributed by atoms with Gasteiger partial charge < -0.3 is 5.73 Å². The van der Waals surface area contributed by atoms with Crippen LogP contribution in [0.5, 0.6) is 0 Å². The van der Waals surface area contributed by atoms with Gasteiger partial charge in [-0.3, -0.25) is 4.40 Å². The maximum Gasteiger partial charge on any atom is 0.194 e. The lowest BCUT2D eigenvalue weighted by Gasteiger charge is -2.06. The molecule has 0 spiro atoms. The first kappa shape index (κ1) is 13.9. The second-order valence-corrected chi connectivity index (χ2v) is 6.61. The van der Waals surface area contributed by atoms with Crippen molar-refractivity contribution in [2.45, 2.75) is 50.6 Å². The maximum absolute atomic E-state index is 5.94. The molecule has 0 saturated heterocycles. The fraction of sp³-hybridized carbons (Fsp3) is 0.615. The molecule has 0 radical (unpaired) electrons. The van der Waals surface area contributed by atoms with Crippen LogP contribution in [0.3, 0.4) is 0 Å². The van der Waals surface area contributed by atoms with Gasteiger partial charge in [0.15, 0.2) is 4.96 Å². The zero-order valence-electron chi connectivity index (χ0n) is 11.1. The van der Waals surface area contributed by atoms with E-state index in [2.05, 4.69) is 29.8 Å². The van der Waals surface area contributed by atoms with Crippen LogP contribution in [0.15, 0.2) is 16.6 Å². The highest BCUT2D eigenvalue weighted by atomic mass is 32.2. The van der Waals surface area contributed by atoms with Crippen LogP contribution in [0.25, 0.3) is 4.96 Å². The molecule has 18 heavy (non-hydrogen) atoms. The summed E-state index contributed by atoms with van der Waals surface area (Å²) in [5.74, 6) is 1.16. The van der Waals surface area contributed by atoms with E-state index in [1.165, 1.54) is 30.0 Å². The summed E-state index contributed by atoms with van der Waals surface area (Å²) in [4.78, 5) is 5.80. The smallest absolute Gasteiger partial charge is 0.194 e. The largest absolute Gasteiger partial charge is 0.328 e. The van der Waals surface area contributed by atoms with Crippen molar-refractivity contribution in [3.63, 3.8) is 0 Å². The highest BCUT2D eigenvalue weighted by Crippen LogP contribution is 2.27. The number of thioether (sulfide) groups is 1. The molecule has 5 heteroatoms. The van der Waals surface area contributed by atoms with Gasteiger partial charge in [0.2, 0.25) is 0 Å². The molecule has 1 atom stereocenters. The minimum absolute atomic E-state index is 0.180. The van der Waals surface area contributed by atoms with E-state index in [9.17, 15) is 0 Å². The molecule has 0 saturated carbocycles. The van der Waals surface area contributed by atoms with Crippen molar-refractivity contribution in [2.24, 2.45) is 5.73 Å². The monoisotopic (exact) mass is 283 g/mol. The lowest BCUT2D eigenvalue weighted by atomic mass is 10.2. The summed E-state index contributed by atoms with van der Waals surface area (Å²) >= 11 is 3.57. The highest BCUT2D eigenvalue weighted by molar-refractivity contribution is 7.99. The molecular weight excluding hydrogens is 262 g/mol. The average molecular weight is 283 g/mol. The standard InChI is InChI=1S/C13H21N3S2/c1-3-4-5-7-17-12-11(9-10(2)14)16-6-8-18-13(16)15-12/h6,8,10H,3-5,7,9,14H2,1-2H3. The SMILES string of the molecule is CCCCCSc1nc2sccn2c1CC(C)N. The fourth-order valence-electron chi connectivity index (χ4n) is 1.94. The number of aromatic nitrogens is 2. The molecule has 0 aliphatic carbocycles. The van der Waals surface area contributed by atoms with E-state index >= 15 is 0 Å². The first-order chi connectivity index (χ1) is 8.72. The Morgan fingerprint density at radius 2 is 2.33 bits per heavy atom. The van der Waals surface area contributed by atoms with Gasteiger partial charge in [-0.05, 0) is 19.1 Å². The number of imidazole rings is 1. The van der Waals surface area contributed by atoms with Crippen LogP contribution in [0.4, 0.5) is 0 Å². The van der Waals surface area contributed by atoms with Crippen molar-refractivity contribution in [2.75, 3.05) is 5.75 Å². The van der Waals surface area contributed by atoms with Crippen LogP contribution in [0.2, 0.25) is 0 Å². The Labute approximate surface area is 117 Å². The predicted octanol–water partition coefficient (Wildman–Crippen LogP) is 3.57. The zero-order chi connectivity index (χ0) is 13.0. The van der Waals surface area contributed by atoms with Crippen molar-refractivity contribution in [1.82, 2.24) is 9.38 Å². The fourth-order valence-corrected chi connectivity index (χ4v) is 3.77. The number of rotatable bonds is 7. The van der Waals surface area contributed by atoms with Crippen LogP contribution >= 0.6 is 23.1 Å². The number of hydrogen-bond acceptors (Lipinski definition) is 4. The third kappa shape index (κ3) is 3.28. The first-order valence-electron chi connectivity index (χ1n) is 6.55. The number of nitrogens with zero attached hydrogens (tertiary/aromatic N) is 2. The van der Waals surface area contributed by atoms with Gasteiger partial charge in [0.25, 0.3) is 0 Å². The van der Waals surface area contributed by atoms with Crippen molar-refractivity contribution in [3.05, 3.63) is 17.3 Å². The Hall–Kier alpha value is -0.520. The van der Waals surface area contributed by atoms with Crippen molar-refractivity contribution in [3.8, 4) is 0 Å². The van der Waals surface area contributed by atoms with Crippen LogP contribution in [-0.4, -0.2) is 21.2 Å². The molecule has 1 unspecified atom stereocenters. The molecule has 2 aromatic heterocycles. The average Bonchev–Trinajstić information content (AvgIpc) is 2.88. The molecule has 100 valence electrons. The predicted molar refractivity (Wildman–Crippen MR) is 80.7 cm³/mol. The van der Waals surface area contributed by atoms with Gasteiger partial charge in [0, 0.05) is 24.0 Å². The number of unbranched alkanes of at least 4 members (excludes halogenated alkanes) is 2. The van der Waals surface area contributed by atoms with Gasteiger partial charge in [0.05, 0.1) is 5.69 Å². The minimum atomic E-state index is 0.180. The van der Waals surface area contributed by atoms with E-state index < -0.39 is 0 Å². The van der Waals surface area contributed by atoms with Gasteiger partial charge in [-0.25, -0.2) is 4.98 Å². The third-order valence-corrected chi connectivity index (χ3v) is 4.68. The molecule has 3 nitrogen and oxygen atoms in total. The molecule has 0 bridgehead atoms. The van der Waals surface area contributed by atoms with Crippen LogP contribution in [-0.2, 0) is 6.42 Å². The van der Waals surface area contributed by atoms with Crippen LogP contribution < -0.4 is 5.73 Å². The Bertz CT molecular complexity index is 487. The second-order valence-electron chi connectivity index (χ2n) is 4.66. The second kappa shape index (κ2) is 6.59. The topological polar surface area (TPSA) is 43.3 Å². The molecule has 2 heterocycles. The summed E-state index contributed by atoms with van der Waals surface area (Å²) in [6, 6.07) is 0.180. The number of fused-ring (bicyclic) bond motifs is 1. The maximum atomic E-state index is 5.94. The zero-order valence-corrected chi connectivity index (χ0v) is 12.7. The van der Waals surface area contributed by atoms with Crippen LogP contribution in [0.1, 0.15) is 38.8 Å². The van der Waals surface area contributed by atoms with Crippen molar-refractivity contribution in [1.29, 1.82) is 0 Å². The molecule has 2 aromatic rings. The van der Waals surface area contributed by atoms with Gasteiger partial charge in [-0.15, -0.1) is 23.1 Å². The normalized spacial score (nSPS) is 13.3. The van der Waals surface area contributed by atoms with Crippen LogP contribution in [0, 0.1) is 0 Å². The molecule has 2 N–H and O–H groups in total. The Kier molecular flexibility index (Phi) is 5.09. The molecule has 0 aromatic carbocycles. The summed E-state index contributed by atoms with van der Waals surface area (Å²) in [5.41, 5.74) is 7.22. The van der Waals surface area contributed by atoms with Gasteiger partial charge in [-0.2, -0.15) is 0 Å². The summed E-state index contributed by atoms with van der Waals surface area (Å²) in [7, 11) is 0. The quantitative estimate of drug-likeness (QED) is 0.624. The van der Waals surface area contributed by atoms with E-state index in [1.54, 1.807) is 11.3 Å². The first-order valence-corrected chi connectivity index (χ1v) is 8.41. The van der Waals surface area contributed by atoms with Gasteiger partial charge in [-0.1, -0.05) is 19.8 Å². The Morgan fingerprint density at radius 3 is 3.06 bits per heavy atom. The number of thiazole rings is 1. The van der Waals surface area contributed by atoms with E-state index in [0.29, 0.717) is 0 Å². The lowest BCUT2D eigenvalue weighted by molar-refractivity contribution is 0.705. The van der Waals surface area contributed by atoms with Crippen molar-refractivity contribution >= 4 is 28.1 Å². The highest BCUT2D eigenvalue weighted by Gasteiger charge is 2.14. The molecule has 0 aliphatic rings. The van der Waals surface area contributed by atoms with E-state index in [0.717, 1.165) is 17.1 Å². The molecule has 0 aliphatic heterocycles. The summed E-state index contributed by atoms with van der Waals surface area (Å²) < 4.78 is 2.19. The van der Waals surface area contributed by atoms with Crippen molar-refractivity contribution < 1.29 is 0 Å². The summed E-state index contributed by atoms with van der Waals surface area (Å²) in [6.45, 7) is 4.29. The lowest BCUT2D eigenvalue weighted by Crippen LogP contribution is -2.19. The number of nitrogens with two attached hydrogens (primary N) is 1. The Balaban J connectivity index is 2.12. The van der Waals surface area contributed by atoms with Gasteiger partial charge >= 0.3 is 0 Å². The minimum Gasteiger partial charge on any atom is -0.328 e. The number of hydrogen-bond donors (Lipinski definition) is 1. The molecule has 0 amide bonds. The molecular formula is C13H21N3S2. The summed E-state index contributed by atoms with van der Waals surface area (Å²) in [6.07, 6.45) is 6.84. The van der Waals surface area contributed by atoms with Gasteiger partial charge in [0.1, 0.15) is 5.03 Å². The van der Waals surface area contributed by atoms with E-state index in [4.69, 9.17) is 10.7 Å². The molecule has 0 fully saturated rings.